The van der Waals surface area contributed by atoms with Crippen LogP contribution in [0.25, 0.3) is 10.9 Å². The molecule has 0 saturated heterocycles. The SMILES string of the molecule is CC(C)c1ccc2c(cnn2C2CC2)c1F. The topological polar surface area (TPSA) is 17.8 Å². The summed E-state index contributed by atoms with van der Waals surface area (Å²) in [5.41, 5.74) is 1.72. The molecule has 1 aromatic heterocycles. The van der Waals surface area contributed by atoms with Gasteiger partial charge in [-0.15, -0.1) is 0 Å². The van der Waals surface area contributed by atoms with Crippen LogP contribution < -0.4 is 0 Å². The van der Waals surface area contributed by atoms with Crippen LogP contribution >= 0.6 is 0 Å². The molecule has 1 aliphatic carbocycles. The van der Waals surface area contributed by atoms with Crippen LogP contribution in [0.1, 0.15) is 44.2 Å². The van der Waals surface area contributed by atoms with Crippen molar-refractivity contribution in [3.63, 3.8) is 0 Å². The number of fused-ring (bicyclic) bond motifs is 1. The summed E-state index contributed by atoms with van der Waals surface area (Å²) in [6.45, 7) is 4.02. The van der Waals surface area contributed by atoms with E-state index in [0.717, 1.165) is 11.1 Å². The van der Waals surface area contributed by atoms with E-state index in [9.17, 15) is 4.39 Å². The molecule has 1 saturated carbocycles. The molecule has 3 heteroatoms. The van der Waals surface area contributed by atoms with Crippen molar-refractivity contribution in [3.8, 4) is 0 Å². The Hall–Kier alpha value is -1.38. The maximum atomic E-state index is 14.2. The minimum atomic E-state index is -0.0978. The van der Waals surface area contributed by atoms with Crippen LogP contribution in [0.3, 0.4) is 0 Å². The van der Waals surface area contributed by atoms with Crippen LogP contribution in [0.2, 0.25) is 0 Å². The lowest BCUT2D eigenvalue weighted by atomic mass is 10.0. The highest BCUT2D eigenvalue weighted by Crippen LogP contribution is 2.37. The van der Waals surface area contributed by atoms with E-state index in [1.54, 1.807) is 6.20 Å². The van der Waals surface area contributed by atoms with Crippen molar-refractivity contribution < 1.29 is 4.39 Å². The molecule has 16 heavy (non-hydrogen) atoms. The molecule has 0 N–H and O–H groups in total. The van der Waals surface area contributed by atoms with Crippen LogP contribution in [-0.4, -0.2) is 9.78 Å². The second-order valence-electron chi connectivity index (χ2n) is 4.88. The summed E-state index contributed by atoms with van der Waals surface area (Å²) in [6.07, 6.45) is 4.00. The van der Waals surface area contributed by atoms with Gasteiger partial charge in [-0.2, -0.15) is 5.10 Å². The van der Waals surface area contributed by atoms with Crippen LogP contribution in [-0.2, 0) is 0 Å². The highest BCUT2D eigenvalue weighted by molar-refractivity contribution is 5.80. The van der Waals surface area contributed by atoms with E-state index in [2.05, 4.69) is 5.10 Å². The van der Waals surface area contributed by atoms with Crippen LogP contribution in [0.5, 0.6) is 0 Å². The van der Waals surface area contributed by atoms with Gasteiger partial charge in [0.2, 0.25) is 0 Å². The number of halogens is 1. The van der Waals surface area contributed by atoms with Gasteiger partial charge in [0.15, 0.2) is 0 Å². The molecule has 0 amide bonds. The Kier molecular flexibility index (Phi) is 2.03. The van der Waals surface area contributed by atoms with Crippen molar-refractivity contribution in [2.75, 3.05) is 0 Å². The molecule has 1 heterocycles. The Morgan fingerprint density at radius 2 is 2.12 bits per heavy atom. The molecule has 1 aliphatic rings. The molecule has 0 aliphatic heterocycles. The summed E-state index contributed by atoms with van der Waals surface area (Å²) in [7, 11) is 0. The number of hydrogen-bond donors (Lipinski definition) is 0. The van der Waals surface area contributed by atoms with E-state index in [-0.39, 0.29) is 11.7 Å². The molecular formula is C13H15FN2. The van der Waals surface area contributed by atoms with Crippen molar-refractivity contribution >= 4 is 10.9 Å². The van der Waals surface area contributed by atoms with E-state index in [4.69, 9.17) is 0 Å². The molecule has 3 rings (SSSR count). The zero-order valence-corrected chi connectivity index (χ0v) is 9.57. The predicted molar refractivity (Wildman–Crippen MR) is 62.1 cm³/mol. The highest BCUT2D eigenvalue weighted by atomic mass is 19.1. The summed E-state index contributed by atoms with van der Waals surface area (Å²) in [5, 5.41) is 4.96. The van der Waals surface area contributed by atoms with Gasteiger partial charge in [-0.25, -0.2) is 4.39 Å². The Balaban J connectivity index is 2.22. The van der Waals surface area contributed by atoms with Crippen LogP contribution in [0.4, 0.5) is 4.39 Å². The number of hydrogen-bond acceptors (Lipinski definition) is 1. The molecule has 1 aromatic carbocycles. The Labute approximate surface area is 94.1 Å². The first-order valence-corrected chi connectivity index (χ1v) is 5.84. The third-order valence-electron chi connectivity index (χ3n) is 3.26. The number of aromatic nitrogens is 2. The molecule has 0 bridgehead atoms. The van der Waals surface area contributed by atoms with Crippen LogP contribution in [0.15, 0.2) is 18.3 Å². The molecule has 0 atom stereocenters. The second-order valence-corrected chi connectivity index (χ2v) is 4.88. The van der Waals surface area contributed by atoms with Gasteiger partial charge in [0, 0.05) is 0 Å². The lowest BCUT2D eigenvalue weighted by Crippen LogP contribution is -1.97. The van der Waals surface area contributed by atoms with Crippen molar-refractivity contribution in [2.24, 2.45) is 0 Å². The summed E-state index contributed by atoms with van der Waals surface area (Å²) in [5.74, 6) is 0.119. The number of nitrogens with zero attached hydrogens (tertiary/aromatic N) is 2. The van der Waals surface area contributed by atoms with E-state index >= 15 is 0 Å². The Morgan fingerprint density at radius 1 is 1.38 bits per heavy atom. The van der Waals surface area contributed by atoms with Crippen molar-refractivity contribution in [1.29, 1.82) is 0 Å². The second kappa shape index (κ2) is 3.30. The average molecular weight is 218 g/mol. The van der Waals surface area contributed by atoms with Crippen molar-refractivity contribution in [1.82, 2.24) is 9.78 Å². The molecule has 84 valence electrons. The maximum absolute atomic E-state index is 14.2. The van der Waals surface area contributed by atoms with Gasteiger partial charge in [0.05, 0.1) is 23.1 Å². The highest BCUT2D eigenvalue weighted by Gasteiger charge is 2.26. The van der Waals surface area contributed by atoms with E-state index in [0.29, 0.717) is 11.4 Å². The molecule has 0 radical (unpaired) electrons. The standard InChI is InChI=1S/C13H15FN2/c1-8(2)10-5-6-12-11(13(10)14)7-15-16(12)9-3-4-9/h5-9H,3-4H2,1-2H3. The normalized spacial score (nSPS) is 16.2. The van der Waals surface area contributed by atoms with Gasteiger partial charge in [0.1, 0.15) is 5.82 Å². The summed E-state index contributed by atoms with van der Waals surface area (Å²) in [6, 6.07) is 4.39. The number of rotatable bonds is 2. The fourth-order valence-corrected chi connectivity index (χ4v) is 2.16. The zero-order chi connectivity index (χ0) is 11.3. The quantitative estimate of drug-likeness (QED) is 0.752. The summed E-state index contributed by atoms with van der Waals surface area (Å²) < 4.78 is 16.1. The van der Waals surface area contributed by atoms with E-state index in [1.165, 1.54) is 12.8 Å². The molecule has 0 spiro atoms. The largest absolute Gasteiger partial charge is 0.262 e. The first-order valence-electron chi connectivity index (χ1n) is 5.84. The molecule has 2 nitrogen and oxygen atoms in total. The first-order chi connectivity index (χ1) is 7.68. The van der Waals surface area contributed by atoms with Crippen molar-refractivity contribution in [2.45, 2.75) is 38.6 Å². The van der Waals surface area contributed by atoms with Gasteiger partial charge in [-0.1, -0.05) is 19.9 Å². The smallest absolute Gasteiger partial charge is 0.137 e. The molecule has 1 fully saturated rings. The Morgan fingerprint density at radius 3 is 2.75 bits per heavy atom. The van der Waals surface area contributed by atoms with Gasteiger partial charge in [-0.3, -0.25) is 4.68 Å². The first kappa shape index (κ1) is 9.82. The van der Waals surface area contributed by atoms with Gasteiger partial charge < -0.3 is 0 Å². The van der Waals surface area contributed by atoms with E-state index < -0.39 is 0 Å². The molecule has 2 aromatic rings. The average Bonchev–Trinajstić information content (AvgIpc) is 2.99. The minimum absolute atomic E-state index is 0.0978. The molecule has 0 unspecified atom stereocenters. The zero-order valence-electron chi connectivity index (χ0n) is 9.57. The summed E-state index contributed by atoms with van der Waals surface area (Å²) >= 11 is 0. The van der Waals surface area contributed by atoms with E-state index in [1.807, 2.05) is 30.7 Å². The minimum Gasteiger partial charge on any atom is -0.262 e. The monoisotopic (exact) mass is 218 g/mol. The van der Waals surface area contributed by atoms with Gasteiger partial charge in [-0.05, 0) is 30.4 Å². The lowest BCUT2D eigenvalue weighted by Gasteiger charge is -2.08. The predicted octanol–water partition coefficient (Wildman–Crippen LogP) is 3.63. The fourth-order valence-electron chi connectivity index (χ4n) is 2.16. The van der Waals surface area contributed by atoms with Crippen LogP contribution in [0, 0.1) is 5.82 Å². The van der Waals surface area contributed by atoms with Gasteiger partial charge >= 0.3 is 0 Å². The number of benzene rings is 1. The lowest BCUT2D eigenvalue weighted by molar-refractivity contribution is 0.609. The fraction of sp³-hybridized carbons (Fsp3) is 0.462. The third-order valence-corrected chi connectivity index (χ3v) is 3.26. The van der Waals surface area contributed by atoms with Crippen molar-refractivity contribution in [3.05, 3.63) is 29.7 Å². The maximum Gasteiger partial charge on any atom is 0.137 e. The summed E-state index contributed by atoms with van der Waals surface area (Å²) in [4.78, 5) is 0. The molecular weight excluding hydrogens is 203 g/mol. The third kappa shape index (κ3) is 1.34. The Bertz CT molecular complexity index is 538. The van der Waals surface area contributed by atoms with Gasteiger partial charge in [0.25, 0.3) is 0 Å².